The van der Waals surface area contributed by atoms with Gasteiger partial charge >= 0.3 is 6.36 Å². The maximum atomic E-state index is 12.2. The van der Waals surface area contributed by atoms with Gasteiger partial charge < -0.3 is 10.1 Å². The van der Waals surface area contributed by atoms with Gasteiger partial charge in [0.1, 0.15) is 5.75 Å². The van der Waals surface area contributed by atoms with E-state index in [1.54, 1.807) is 0 Å². The zero-order chi connectivity index (χ0) is 18.7. The molecule has 0 radical (unpaired) electrons. The molecule has 0 unspecified atom stereocenters. The molecular weight excluding hydrogens is 361 g/mol. The molecule has 0 atom stereocenters. The number of benzene rings is 2. The molecule has 2 aromatic carbocycles. The van der Waals surface area contributed by atoms with Crippen molar-refractivity contribution in [1.29, 1.82) is 0 Å². The molecule has 0 aliphatic rings. The lowest BCUT2D eigenvalue weighted by Gasteiger charge is -2.11. The highest BCUT2D eigenvalue weighted by molar-refractivity contribution is 7.92. The summed E-state index contributed by atoms with van der Waals surface area (Å²) in [7, 11) is -2.54. The topological polar surface area (TPSA) is 84.5 Å². The molecule has 2 rings (SSSR count). The Morgan fingerprint density at radius 1 is 1.00 bits per heavy atom. The standard InChI is InChI=1S/C15H13F3N2O4S/c1-19-14(21)10-2-4-11(5-3-10)20-25(22,23)13-8-6-12(7-9-13)24-15(16,17)18/h2-9,20H,1H3,(H,19,21). The third-order valence-electron chi connectivity index (χ3n) is 2.99. The smallest absolute Gasteiger partial charge is 0.406 e. The Labute approximate surface area is 141 Å². The first kappa shape index (κ1) is 18.6. The molecule has 0 aliphatic carbocycles. The molecule has 0 fully saturated rings. The minimum atomic E-state index is -4.86. The first-order valence-corrected chi connectivity index (χ1v) is 8.30. The minimum Gasteiger partial charge on any atom is -0.406 e. The maximum absolute atomic E-state index is 12.2. The second kappa shape index (κ2) is 7.01. The van der Waals surface area contributed by atoms with E-state index in [1.807, 2.05) is 0 Å². The fourth-order valence-corrected chi connectivity index (χ4v) is 2.93. The van der Waals surface area contributed by atoms with Crippen molar-refractivity contribution in [2.75, 3.05) is 11.8 Å². The van der Waals surface area contributed by atoms with Crippen molar-refractivity contribution >= 4 is 21.6 Å². The summed E-state index contributed by atoms with van der Waals surface area (Å²) in [6.07, 6.45) is -4.86. The van der Waals surface area contributed by atoms with Gasteiger partial charge in [0.25, 0.3) is 15.9 Å². The summed E-state index contributed by atoms with van der Waals surface area (Å²) >= 11 is 0. The fourth-order valence-electron chi connectivity index (χ4n) is 1.87. The second-order valence-corrected chi connectivity index (χ2v) is 6.46. The van der Waals surface area contributed by atoms with Crippen molar-refractivity contribution in [1.82, 2.24) is 5.32 Å². The van der Waals surface area contributed by atoms with Gasteiger partial charge in [-0.05, 0) is 48.5 Å². The lowest BCUT2D eigenvalue weighted by atomic mass is 10.2. The van der Waals surface area contributed by atoms with E-state index in [1.165, 1.54) is 31.3 Å². The molecule has 0 bridgehead atoms. The van der Waals surface area contributed by atoms with E-state index in [-0.39, 0.29) is 16.5 Å². The van der Waals surface area contributed by atoms with E-state index in [2.05, 4.69) is 14.8 Å². The zero-order valence-electron chi connectivity index (χ0n) is 12.8. The average molecular weight is 374 g/mol. The number of hydrogen-bond acceptors (Lipinski definition) is 4. The van der Waals surface area contributed by atoms with Crippen LogP contribution in [-0.2, 0) is 10.0 Å². The number of rotatable bonds is 5. The van der Waals surface area contributed by atoms with Crippen LogP contribution in [-0.4, -0.2) is 27.7 Å². The molecule has 10 heteroatoms. The Morgan fingerprint density at radius 3 is 2.04 bits per heavy atom. The highest BCUT2D eigenvalue weighted by Gasteiger charge is 2.31. The Kier molecular flexibility index (Phi) is 5.21. The van der Waals surface area contributed by atoms with Gasteiger partial charge in [-0.25, -0.2) is 8.42 Å². The van der Waals surface area contributed by atoms with Gasteiger partial charge in [0.05, 0.1) is 4.90 Å². The van der Waals surface area contributed by atoms with Crippen molar-refractivity contribution in [3.05, 3.63) is 54.1 Å². The number of hydrogen-bond donors (Lipinski definition) is 2. The van der Waals surface area contributed by atoms with Crippen LogP contribution in [0.2, 0.25) is 0 Å². The van der Waals surface area contributed by atoms with Crippen LogP contribution in [0.25, 0.3) is 0 Å². The highest BCUT2D eigenvalue weighted by atomic mass is 32.2. The molecule has 0 heterocycles. The van der Waals surface area contributed by atoms with E-state index < -0.39 is 22.1 Å². The normalized spacial score (nSPS) is 11.7. The third kappa shape index (κ3) is 5.11. The van der Waals surface area contributed by atoms with Crippen LogP contribution in [0.3, 0.4) is 0 Å². The second-order valence-electron chi connectivity index (χ2n) is 4.78. The van der Waals surface area contributed by atoms with Crippen LogP contribution >= 0.6 is 0 Å². The molecule has 2 N–H and O–H groups in total. The number of alkyl halides is 3. The van der Waals surface area contributed by atoms with Gasteiger partial charge in [-0.2, -0.15) is 0 Å². The first-order chi connectivity index (χ1) is 11.6. The quantitative estimate of drug-likeness (QED) is 0.843. The van der Waals surface area contributed by atoms with Crippen molar-refractivity contribution in [3.8, 4) is 5.75 Å². The van der Waals surface area contributed by atoms with Gasteiger partial charge in [-0.1, -0.05) is 0 Å². The summed E-state index contributed by atoms with van der Waals surface area (Å²) in [6, 6.07) is 9.42. The Bertz CT molecular complexity index is 848. The van der Waals surface area contributed by atoms with Crippen LogP contribution in [0, 0.1) is 0 Å². The third-order valence-corrected chi connectivity index (χ3v) is 4.39. The molecule has 6 nitrogen and oxygen atoms in total. The van der Waals surface area contributed by atoms with E-state index >= 15 is 0 Å². The number of carbonyl (C=O) groups is 1. The number of sulfonamides is 1. The van der Waals surface area contributed by atoms with Gasteiger partial charge in [-0.3, -0.25) is 9.52 Å². The monoisotopic (exact) mass is 374 g/mol. The summed E-state index contributed by atoms with van der Waals surface area (Å²) in [6.45, 7) is 0. The first-order valence-electron chi connectivity index (χ1n) is 6.81. The zero-order valence-corrected chi connectivity index (χ0v) is 13.6. The largest absolute Gasteiger partial charge is 0.573 e. The minimum absolute atomic E-state index is 0.197. The van der Waals surface area contributed by atoms with Gasteiger partial charge in [0, 0.05) is 18.3 Å². The van der Waals surface area contributed by atoms with Crippen molar-refractivity contribution in [2.45, 2.75) is 11.3 Å². The van der Waals surface area contributed by atoms with Crippen molar-refractivity contribution in [2.24, 2.45) is 0 Å². The molecular formula is C15H13F3N2O4S. The fraction of sp³-hybridized carbons (Fsp3) is 0.133. The number of ether oxygens (including phenoxy) is 1. The Morgan fingerprint density at radius 2 is 1.56 bits per heavy atom. The van der Waals surface area contributed by atoms with Gasteiger partial charge in [0.2, 0.25) is 0 Å². The number of anilines is 1. The summed E-state index contributed by atoms with van der Waals surface area (Å²) < 4.78 is 66.7. The van der Waals surface area contributed by atoms with Crippen LogP contribution in [0.1, 0.15) is 10.4 Å². The number of amides is 1. The Hall–Kier alpha value is -2.75. The molecule has 0 saturated heterocycles. The van der Waals surface area contributed by atoms with Crippen LogP contribution in [0.4, 0.5) is 18.9 Å². The molecule has 25 heavy (non-hydrogen) atoms. The van der Waals surface area contributed by atoms with Crippen LogP contribution in [0.15, 0.2) is 53.4 Å². The summed E-state index contributed by atoms with van der Waals surface area (Å²) in [5, 5.41) is 2.43. The molecule has 0 aliphatic heterocycles. The number of carbonyl (C=O) groups excluding carboxylic acids is 1. The van der Waals surface area contributed by atoms with Crippen molar-refractivity contribution in [3.63, 3.8) is 0 Å². The van der Waals surface area contributed by atoms with E-state index in [0.717, 1.165) is 24.3 Å². The number of halogens is 3. The average Bonchev–Trinajstić information content (AvgIpc) is 2.53. The van der Waals surface area contributed by atoms with Crippen molar-refractivity contribution < 1.29 is 31.1 Å². The summed E-state index contributed by atoms with van der Waals surface area (Å²) in [5.41, 5.74) is 0.544. The van der Waals surface area contributed by atoms with Crippen LogP contribution in [0.5, 0.6) is 5.75 Å². The Balaban J connectivity index is 2.14. The van der Waals surface area contributed by atoms with Gasteiger partial charge in [0.15, 0.2) is 0 Å². The number of nitrogens with one attached hydrogen (secondary N) is 2. The maximum Gasteiger partial charge on any atom is 0.573 e. The molecule has 0 spiro atoms. The summed E-state index contributed by atoms with van der Waals surface area (Å²) in [4.78, 5) is 11.2. The predicted molar refractivity (Wildman–Crippen MR) is 83.8 cm³/mol. The molecule has 0 saturated carbocycles. The molecule has 2 aromatic rings. The lowest BCUT2D eigenvalue weighted by Crippen LogP contribution is -2.18. The van der Waals surface area contributed by atoms with Gasteiger partial charge in [-0.15, -0.1) is 13.2 Å². The van der Waals surface area contributed by atoms with E-state index in [0.29, 0.717) is 5.56 Å². The SMILES string of the molecule is CNC(=O)c1ccc(NS(=O)(=O)c2ccc(OC(F)(F)F)cc2)cc1. The molecule has 0 aromatic heterocycles. The molecule has 1 amide bonds. The van der Waals surface area contributed by atoms with Crippen LogP contribution < -0.4 is 14.8 Å². The van der Waals surface area contributed by atoms with E-state index in [9.17, 15) is 26.4 Å². The van der Waals surface area contributed by atoms with E-state index in [4.69, 9.17) is 0 Å². The highest BCUT2D eigenvalue weighted by Crippen LogP contribution is 2.24. The summed E-state index contributed by atoms with van der Waals surface area (Å²) in [5.74, 6) is -0.851. The lowest BCUT2D eigenvalue weighted by molar-refractivity contribution is -0.274. The predicted octanol–water partition coefficient (Wildman–Crippen LogP) is 2.75. The molecule has 134 valence electrons.